The maximum absolute atomic E-state index is 11.8. The lowest BCUT2D eigenvalue weighted by Crippen LogP contribution is -2.28. The topological polar surface area (TPSA) is 90.1 Å². The molecule has 1 amide bonds. The van der Waals surface area contributed by atoms with Crippen molar-refractivity contribution in [3.05, 3.63) is 58.4 Å². The standard InChI is InChI=1S/C15H18N4O3/c1-12(13-5-3-2-4-6-13)9-16-15(20)7-8-18-11-14(10-17-18)19(21)22/h2-6,10-12H,7-9H2,1H3,(H,16,20)/t12-/m1/s1. The number of benzene rings is 1. The maximum atomic E-state index is 11.8. The molecule has 1 atom stereocenters. The molecule has 0 unspecified atom stereocenters. The van der Waals surface area contributed by atoms with Crippen molar-refractivity contribution in [2.75, 3.05) is 6.54 Å². The first kappa shape index (κ1) is 15.7. The molecule has 0 aliphatic carbocycles. The number of hydrogen-bond acceptors (Lipinski definition) is 4. The van der Waals surface area contributed by atoms with E-state index in [1.807, 2.05) is 37.3 Å². The molecule has 1 aromatic heterocycles. The van der Waals surface area contributed by atoms with Crippen LogP contribution in [0.5, 0.6) is 0 Å². The Labute approximate surface area is 128 Å². The summed E-state index contributed by atoms with van der Waals surface area (Å²) in [5.41, 5.74) is 1.10. The number of rotatable bonds is 7. The number of amides is 1. The van der Waals surface area contributed by atoms with Gasteiger partial charge in [-0.2, -0.15) is 5.10 Å². The van der Waals surface area contributed by atoms with Crippen molar-refractivity contribution in [3.63, 3.8) is 0 Å². The zero-order chi connectivity index (χ0) is 15.9. The third-order valence-electron chi connectivity index (χ3n) is 3.37. The average molecular weight is 302 g/mol. The molecule has 7 heteroatoms. The Morgan fingerprint density at radius 3 is 2.77 bits per heavy atom. The van der Waals surface area contributed by atoms with Crippen LogP contribution in [-0.2, 0) is 11.3 Å². The number of aromatic nitrogens is 2. The summed E-state index contributed by atoms with van der Waals surface area (Å²) in [5, 5.41) is 17.3. The first-order valence-corrected chi connectivity index (χ1v) is 7.04. The van der Waals surface area contributed by atoms with Crippen molar-refractivity contribution in [3.8, 4) is 0 Å². The molecule has 0 spiro atoms. The SMILES string of the molecule is C[C@H](CNC(=O)CCn1cc([N+](=O)[O-])cn1)c1ccccc1. The molecule has 1 aromatic carbocycles. The van der Waals surface area contributed by atoms with Crippen LogP contribution >= 0.6 is 0 Å². The van der Waals surface area contributed by atoms with Crippen LogP contribution in [0.3, 0.4) is 0 Å². The number of nitrogens with zero attached hydrogens (tertiary/aromatic N) is 3. The molecule has 2 aromatic rings. The van der Waals surface area contributed by atoms with Crippen LogP contribution in [0.1, 0.15) is 24.8 Å². The Kier molecular flexibility index (Phi) is 5.24. The number of aryl methyl sites for hydroxylation is 1. The summed E-state index contributed by atoms with van der Waals surface area (Å²) in [4.78, 5) is 21.8. The summed E-state index contributed by atoms with van der Waals surface area (Å²) in [6, 6.07) is 9.95. The summed E-state index contributed by atoms with van der Waals surface area (Å²) < 4.78 is 1.40. The molecule has 0 saturated heterocycles. The van der Waals surface area contributed by atoms with Crippen LogP contribution in [0.15, 0.2) is 42.7 Å². The van der Waals surface area contributed by atoms with Gasteiger partial charge < -0.3 is 5.32 Å². The minimum absolute atomic E-state index is 0.0712. The van der Waals surface area contributed by atoms with E-state index in [1.165, 1.54) is 22.6 Å². The second-order valence-corrected chi connectivity index (χ2v) is 5.08. The number of carbonyl (C=O) groups is 1. The van der Waals surface area contributed by atoms with E-state index < -0.39 is 4.92 Å². The van der Waals surface area contributed by atoms with Crippen molar-refractivity contribution in [1.82, 2.24) is 15.1 Å². The molecule has 0 bridgehead atoms. The lowest BCUT2D eigenvalue weighted by Gasteiger charge is -2.13. The van der Waals surface area contributed by atoms with E-state index in [2.05, 4.69) is 10.4 Å². The number of carbonyl (C=O) groups excluding carboxylic acids is 1. The Morgan fingerprint density at radius 2 is 2.14 bits per heavy atom. The monoisotopic (exact) mass is 302 g/mol. The van der Waals surface area contributed by atoms with Gasteiger partial charge in [0.2, 0.25) is 5.91 Å². The molecule has 0 aliphatic rings. The molecule has 0 fully saturated rings. The Balaban J connectivity index is 1.75. The van der Waals surface area contributed by atoms with Crippen molar-refractivity contribution < 1.29 is 9.72 Å². The van der Waals surface area contributed by atoms with Crippen molar-refractivity contribution in [2.45, 2.75) is 25.8 Å². The molecule has 0 radical (unpaired) electrons. The van der Waals surface area contributed by atoms with Crippen LogP contribution in [0.25, 0.3) is 0 Å². The fourth-order valence-corrected chi connectivity index (χ4v) is 2.04. The second kappa shape index (κ2) is 7.35. The lowest BCUT2D eigenvalue weighted by atomic mass is 10.0. The normalized spacial score (nSPS) is 11.9. The van der Waals surface area contributed by atoms with Gasteiger partial charge in [-0.05, 0) is 11.5 Å². The molecule has 2 rings (SSSR count). The van der Waals surface area contributed by atoms with Gasteiger partial charge in [0, 0.05) is 19.5 Å². The van der Waals surface area contributed by atoms with E-state index in [-0.39, 0.29) is 23.9 Å². The maximum Gasteiger partial charge on any atom is 0.306 e. The van der Waals surface area contributed by atoms with E-state index in [1.54, 1.807) is 0 Å². The lowest BCUT2D eigenvalue weighted by molar-refractivity contribution is -0.385. The zero-order valence-corrected chi connectivity index (χ0v) is 12.3. The van der Waals surface area contributed by atoms with E-state index >= 15 is 0 Å². The molecular weight excluding hydrogens is 284 g/mol. The predicted octanol–water partition coefficient (Wildman–Crippen LogP) is 2.10. The van der Waals surface area contributed by atoms with Gasteiger partial charge in [-0.3, -0.25) is 19.6 Å². The fourth-order valence-electron chi connectivity index (χ4n) is 2.04. The van der Waals surface area contributed by atoms with Gasteiger partial charge in [-0.25, -0.2) is 0 Å². The highest BCUT2D eigenvalue weighted by Gasteiger charge is 2.11. The van der Waals surface area contributed by atoms with Crippen LogP contribution in [0, 0.1) is 10.1 Å². The molecule has 0 aliphatic heterocycles. The third kappa shape index (κ3) is 4.41. The number of nitro groups is 1. The summed E-state index contributed by atoms with van der Waals surface area (Å²) in [6.07, 6.45) is 2.73. The highest BCUT2D eigenvalue weighted by atomic mass is 16.6. The quantitative estimate of drug-likeness (QED) is 0.626. The van der Waals surface area contributed by atoms with Crippen molar-refractivity contribution in [2.24, 2.45) is 0 Å². The molecular formula is C15H18N4O3. The largest absolute Gasteiger partial charge is 0.355 e. The fraction of sp³-hybridized carbons (Fsp3) is 0.333. The van der Waals surface area contributed by atoms with E-state index in [0.717, 1.165) is 0 Å². The van der Waals surface area contributed by atoms with Crippen LogP contribution < -0.4 is 5.32 Å². The van der Waals surface area contributed by atoms with E-state index in [4.69, 9.17) is 0 Å². The zero-order valence-electron chi connectivity index (χ0n) is 12.3. The van der Waals surface area contributed by atoms with Crippen LogP contribution in [0.4, 0.5) is 5.69 Å². The van der Waals surface area contributed by atoms with Gasteiger partial charge in [-0.1, -0.05) is 37.3 Å². The Bertz CT molecular complexity index is 639. The van der Waals surface area contributed by atoms with Crippen LogP contribution in [-0.4, -0.2) is 27.2 Å². The summed E-state index contributed by atoms with van der Waals surface area (Å²) in [6.45, 7) is 2.92. The van der Waals surface area contributed by atoms with Gasteiger partial charge in [0.25, 0.3) is 0 Å². The van der Waals surface area contributed by atoms with Crippen molar-refractivity contribution in [1.29, 1.82) is 0 Å². The summed E-state index contributed by atoms with van der Waals surface area (Å²) in [5.74, 6) is 0.136. The molecule has 116 valence electrons. The van der Waals surface area contributed by atoms with Gasteiger partial charge in [0.15, 0.2) is 0 Å². The van der Waals surface area contributed by atoms with Gasteiger partial charge in [-0.15, -0.1) is 0 Å². The average Bonchev–Trinajstić information content (AvgIpc) is 3.00. The third-order valence-corrected chi connectivity index (χ3v) is 3.37. The molecule has 22 heavy (non-hydrogen) atoms. The number of hydrogen-bond donors (Lipinski definition) is 1. The van der Waals surface area contributed by atoms with Gasteiger partial charge >= 0.3 is 5.69 Å². The minimum atomic E-state index is -0.509. The Morgan fingerprint density at radius 1 is 1.41 bits per heavy atom. The first-order chi connectivity index (χ1) is 10.6. The smallest absolute Gasteiger partial charge is 0.306 e. The molecule has 1 heterocycles. The first-order valence-electron chi connectivity index (χ1n) is 7.04. The molecule has 1 N–H and O–H groups in total. The molecule has 7 nitrogen and oxygen atoms in total. The number of nitrogens with one attached hydrogen (secondary N) is 1. The van der Waals surface area contributed by atoms with E-state index in [0.29, 0.717) is 13.1 Å². The minimum Gasteiger partial charge on any atom is -0.355 e. The second-order valence-electron chi connectivity index (χ2n) is 5.08. The van der Waals surface area contributed by atoms with Gasteiger partial charge in [0.1, 0.15) is 12.4 Å². The predicted molar refractivity (Wildman–Crippen MR) is 81.4 cm³/mol. The highest BCUT2D eigenvalue weighted by molar-refractivity contribution is 5.75. The van der Waals surface area contributed by atoms with Crippen LogP contribution in [0.2, 0.25) is 0 Å². The molecule has 0 saturated carbocycles. The van der Waals surface area contributed by atoms with Gasteiger partial charge in [0.05, 0.1) is 4.92 Å². The summed E-state index contributed by atoms with van der Waals surface area (Å²) in [7, 11) is 0. The summed E-state index contributed by atoms with van der Waals surface area (Å²) >= 11 is 0. The Hall–Kier alpha value is -2.70. The highest BCUT2D eigenvalue weighted by Crippen LogP contribution is 2.13. The van der Waals surface area contributed by atoms with E-state index in [9.17, 15) is 14.9 Å². The van der Waals surface area contributed by atoms with Crippen molar-refractivity contribution >= 4 is 11.6 Å².